The van der Waals surface area contributed by atoms with Crippen LogP contribution in [-0.2, 0) is 9.59 Å². The van der Waals surface area contributed by atoms with Gasteiger partial charge in [-0.25, -0.2) is 8.78 Å². The van der Waals surface area contributed by atoms with Crippen LogP contribution >= 0.6 is 22.7 Å². The summed E-state index contributed by atoms with van der Waals surface area (Å²) < 4.78 is 26.9. The molecule has 6 rings (SSSR count). The molecule has 0 radical (unpaired) electrons. The number of carbonyl (C=O) groups excluding carboxylic acids is 2. The molecular weight excluding hydrogens is 522 g/mol. The summed E-state index contributed by atoms with van der Waals surface area (Å²) in [4.78, 5) is 34.4. The average molecular weight is 545 g/mol. The number of hydrogen-bond acceptors (Lipinski definition) is 4. The summed E-state index contributed by atoms with van der Waals surface area (Å²) in [7, 11) is 0. The lowest BCUT2D eigenvalue weighted by Gasteiger charge is -2.22. The Balaban J connectivity index is 1.49. The van der Waals surface area contributed by atoms with Crippen molar-refractivity contribution in [3.63, 3.8) is 0 Å². The molecule has 0 N–H and O–H groups in total. The lowest BCUT2D eigenvalue weighted by Crippen LogP contribution is -2.29. The van der Waals surface area contributed by atoms with Crippen LogP contribution in [0.1, 0.15) is 23.6 Å². The van der Waals surface area contributed by atoms with Gasteiger partial charge in [-0.15, -0.1) is 22.7 Å². The van der Waals surface area contributed by atoms with Gasteiger partial charge in [0.2, 0.25) is 0 Å². The van der Waals surface area contributed by atoms with Crippen LogP contribution in [0.3, 0.4) is 0 Å². The van der Waals surface area contributed by atoms with E-state index in [1.807, 2.05) is 38.1 Å². The maximum absolute atomic E-state index is 13.8. The molecule has 2 aromatic heterocycles. The Morgan fingerprint density at radius 2 is 0.895 bits per heavy atom. The first-order chi connectivity index (χ1) is 18.4. The Morgan fingerprint density at radius 1 is 0.553 bits per heavy atom. The Kier molecular flexibility index (Phi) is 6.08. The van der Waals surface area contributed by atoms with E-state index in [2.05, 4.69) is 0 Å². The number of thiophene rings is 2. The summed E-state index contributed by atoms with van der Waals surface area (Å²) in [6.07, 6.45) is 0. The van der Waals surface area contributed by atoms with Crippen LogP contribution in [0.15, 0.2) is 83.9 Å². The molecule has 0 saturated heterocycles. The number of amides is 2. The van der Waals surface area contributed by atoms with Crippen molar-refractivity contribution >= 4 is 45.9 Å². The third kappa shape index (κ3) is 3.83. The molecule has 190 valence electrons. The predicted molar refractivity (Wildman–Crippen MR) is 148 cm³/mol. The first-order valence-corrected chi connectivity index (χ1v) is 13.9. The molecular formula is C30H22F2N2O2S2. The third-order valence-electron chi connectivity index (χ3n) is 6.75. The van der Waals surface area contributed by atoms with Gasteiger partial charge < -0.3 is 9.80 Å². The number of benzene rings is 2. The van der Waals surface area contributed by atoms with Crippen LogP contribution < -0.4 is 0 Å². The van der Waals surface area contributed by atoms with E-state index < -0.39 is 0 Å². The average Bonchev–Trinajstić information content (AvgIpc) is 3.69. The SMILES string of the molecule is CCN1C(=O)C2=C(c3ccc(-c4ccc(F)cc4)s3)N(CC)C(=O)C2=C1c1ccc(-c2ccc(F)cc2)s1. The zero-order chi connectivity index (χ0) is 26.6. The maximum Gasteiger partial charge on any atom is 0.261 e. The van der Waals surface area contributed by atoms with Gasteiger partial charge in [0.1, 0.15) is 11.6 Å². The molecule has 0 spiro atoms. The molecule has 0 bridgehead atoms. The molecule has 38 heavy (non-hydrogen) atoms. The largest absolute Gasteiger partial charge is 0.306 e. The third-order valence-corrected chi connectivity index (χ3v) is 9.03. The second kappa shape index (κ2) is 9.45. The van der Waals surface area contributed by atoms with E-state index in [1.165, 1.54) is 46.9 Å². The number of nitrogens with zero attached hydrogens (tertiary/aromatic N) is 2. The van der Waals surface area contributed by atoms with Crippen molar-refractivity contribution < 1.29 is 18.4 Å². The summed E-state index contributed by atoms with van der Waals surface area (Å²) in [6, 6.07) is 20.3. The van der Waals surface area contributed by atoms with Crippen LogP contribution in [0.5, 0.6) is 0 Å². The van der Waals surface area contributed by atoms with Crippen molar-refractivity contribution in [3.8, 4) is 20.9 Å². The van der Waals surface area contributed by atoms with Gasteiger partial charge >= 0.3 is 0 Å². The Hall–Kier alpha value is -3.88. The van der Waals surface area contributed by atoms with Crippen molar-refractivity contribution in [2.45, 2.75) is 13.8 Å². The molecule has 8 heteroatoms. The van der Waals surface area contributed by atoms with Crippen LogP contribution in [0, 0.1) is 11.6 Å². The number of halogens is 2. The fourth-order valence-corrected chi connectivity index (χ4v) is 7.12. The van der Waals surface area contributed by atoms with Gasteiger partial charge in [0.15, 0.2) is 0 Å². The summed E-state index contributed by atoms with van der Waals surface area (Å²) in [5.41, 5.74) is 3.85. The highest BCUT2D eigenvalue weighted by Gasteiger charge is 2.48. The Bertz CT molecular complexity index is 1520. The van der Waals surface area contributed by atoms with Gasteiger partial charge in [-0.3, -0.25) is 9.59 Å². The monoisotopic (exact) mass is 544 g/mol. The lowest BCUT2D eigenvalue weighted by atomic mass is 10.1. The number of hydrogen-bond donors (Lipinski definition) is 0. The van der Waals surface area contributed by atoms with Crippen molar-refractivity contribution in [2.24, 2.45) is 0 Å². The highest BCUT2D eigenvalue weighted by atomic mass is 32.1. The van der Waals surface area contributed by atoms with E-state index >= 15 is 0 Å². The molecule has 2 aliphatic heterocycles. The van der Waals surface area contributed by atoms with E-state index in [1.54, 1.807) is 34.1 Å². The smallest absolute Gasteiger partial charge is 0.261 e. The van der Waals surface area contributed by atoms with Gasteiger partial charge in [0.25, 0.3) is 11.8 Å². The van der Waals surface area contributed by atoms with E-state index in [4.69, 9.17) is 0 Å². The molecule has 0 unspecified atom stereocenters. The van der Waals surface area contributed by atoms with Crippen LogP contribution in [0.25, 0.3) is 32.3 Å². The van der Waals surface area contributed by atoms with Crippen molar-refractivity contribution in [1.29, 1.82) is 0 Å². The molecule has 4 nitrogen and oxygen atoms in total. The minimum absolute atomic E-state index is 0.190. The van der Waals surface area contributed by atoms with Crippen molar-refractivity contribution in [1.82, 2.24) is 9.80 Å². The van der Waals surface area contributed by atoms with Gasteiger partial charge in [0, 0.05) is 22.8 Å². The number of rotatable bonds is 6. The molecule has 2 aromatic carbocycles. The summed E-state index contributed by atoms with van der Waals surface area (Å²) in [5, 5.41) is 0. The van der Waals surface area contributed by atoms with Crippen LogP contribution in [-0.4, -0.2) is 34.7 Å². The zero-order valence-corrected chi connectivity index (χ0v) is 22.3. The highest BCUT2D eigenvalue weighted by molar-refractivity contribution is 7.17. The van der Waals surface area contributed by atoms with Gasteiger partial charge in [-0.1, -0.05) is 24.3 Å². The van der Waals surface area contributed by atoms with E-state index in [-0.39, 0.29) is 23.4 Å². The van der Waals surface area contributed by atoms with Gasteiger partial charge in [0.05, 0.1) is 32.3 Å². The van der Waals surface area contributed by atoms with E-state index in [0.717, 1.165) is 30.6 Å². The summed E-state index contributed by atoms with van der Waals surface area (Å²) in [6.45, 7) is 4.63. The first kappa shape index (κ1) is 24.5. The lowest BCUT2D eigenvalue weighted by molar-refractivity contribution is -0.124. The predicted octanol–water partition coefficient (Wildman–Crippen LogP) is 7.27. The molecule has 0 atom stereocenters. The fraction of sp³-hybridized carbons (Fsp3) is 0.133. The second-order valence-corrected chi connectivity index (χ2v) is 11.1. The van der Waals surface area contributed by atoms with Crippen molar-refractivity contribution in [3.05, 3.63) is 105 Å². The first-order valence-electron chi connectivity index (χ1n) is 12.3. The maximum atomic E-state index is 13.8. The minimum atomic E-state index is -0.302. The zero-order valence-electron chi connectivity index (χ0n) is 20.6. The molecule has 0 aliphatic carbocycles. The van der Waals surface area contributed by atoms with Gasteiger partial charge in [-0.05, 0) is 73.5 Å². The normalized spacial score (nSPS) is 15.4. The van der Waals surface area contributed by atoms with Crippen LogP contribution in [0.4, 0.5) is 8.78 Å². The van der Waals surface area contributed by atoms with Gasteiger partial charge in [-0.2, -0.15) is 0 Å². The van der Waals surface area contributed by atoms with E-state index in [9.17, 15) is 18.4 Å². The van der Waals surface area contributed by atoms with Crippen molar-refractivity contribution in [2.75, 3.05) is 13.1 Å². The number of carbonyl (C=O) groups is 2. The number of fused-ring (bicyclic) bond motifs is 1. The quantitative estimate of drug-likeness (QED) is 0.256. The Morgan fingerprint density at radius 3 is 1.24 bits per heavy atom. The highest BCUT2D eigenvalue weighted by Crippen LogP contribution is 2.49. The molecule has 2 aliphatic rings. The number of likely N-dealkylation sites (N-methyl/N-ethyl adjacent to an activating group) is 2. The Labute approximate surface area is 226 Å². The summed E-state index contributed by atoms with van der Waals surface area (Å²) >= 11 is 2.95. The van der Waals surface area contributed by atoms with E-state index in [0.29, 0.717) is 35.6 Å². The standard InChI is InChI=1S/C30H22F2N2O2S2/c1-3-33-27(23-15-13-21(37-23)17-5-9-19(31)10-6-17)25-26(29(33)35)28(34(4-2)30(25)36)24-16-14-22(38-24)18-7-11-20(32)12-8-18/h5-16H,3-4H2,1-2H3. The molecule has 4 heterocycles. The molecule has 2 amide bonds. The topological polar surface area (TPSA) is 40.6 Å². The molecule has 0 fully saturated rings. The minimum Gasteiger partial charge on any atom is -0.306 e. The van der Waals surface area contributed by atoms with Crippen LogP contribution in [0.2, 0.25) is 0 Å². The second-order valence-electron chi connectivity index (χ2n) is 8.89. The summed E-state index contributed by atoms with van der Waals surface area (Å²) in [5.74, 6) is -0.983. The fourth-order valence-electron chi connectivity index (χ4n) is 4.98. The molecule has 4 aromatic rings. The molecule has 0 saturated carbocycles.